The Morgan fingerprint density at radius 1 is 1.06 bits per heavy atom. The zero-order chi connectivity index (χ0) is 24.7. The molecule has 0 saturated carbocycles. The van der Waals surface area contributed by atoms with Gasteiger partial charge in [-0.25, -0.2) is 4.79 Å². The second kappa shape index (κ2) is 10.6. The number of hydrogen-bond acceptors (Lipinski definition) is 8. The van der Waals surface area contributed by atoms with Crippen LogP contribution in [0.4, 0.5) is 16.2 Å². The number of carbonyl (C=O) groups is 2. The lowest BCUT2D eigenvalue weighted by molar-refractivity contribution is -0.383. The molecular weight excluding hydrogens is 442 g/mol. The zero-order valence-corrected chi connectivity index (χ0v) is 19.1. The number of nitrogens with one attached hydrogen (secondary N) is 1. The lowest BCUT2D eigenvalue weighted by Gasteiger charge is -2.20. The number of nitro groups is 1. The van der Waals surface area contributed by atoms with E-state index in [1.807, 2.05) is 0 Å². The van der Waals surface area contributed by atoms with Crippen LogP contribution in [-0.4, -0.2) is 34.2 Å². The maximum absolute atomic E-state index is 12.3. The fraction of sp³-hybridized carbons (Fsp3) is 0.292. The molecule has 3 rings (SSSR count). The van der Waals surface area contributed by atoms with E-state index in [0.717, 1.165) is 0 Å². The van der Waals surface area contributed by atoms with Gasteiger partial charge in [0.2, 0.25) is 0 Å². The number of esters is 1. The van der Waals surface area contributed by atoms with E-state index in [4.69, 9.17) is 14.2 Å². The first-order chi connectivity index (χ1) is 16.1. The summed E-state index contributed by atoms with van der Waals surface area (Å²) in [5.74, 6) is 0.0834. The molecule has 0 aliphatic heterocycles. The SMILES string of the molecule is CC(C)(C)OC(=O)Nc1ccccc1OC(=O)CCCOc1ccc([N+](=O)[O-])c2cccnc12. The lowest BCUT2D eigenvalue weighted by Crippen LogP contribution is -2.27. The number of ether oxygens (including phenoxy) is 3. The largest absolute Gasteiger partial charge is 0.491 e. The number of amides is 1. The van der Waals surface area contributed by atoms with Crippen molar-refractivity contribution in [1.82, 2.24) is 4.98 Å². The van der Waals surface area contributed by atoms with E-state index >= 15 is 0 Å². The molecule has 178 valence electrons. The minimum absolute atomic E-state index is 0.0547. The summed E-state index contributed by atoms with van der Waals surface area (Å²) >= 11 is 0. The third-order valence-corrected chi connectivity index (χ3v) is 4.44. The Labute approximate surface area is 196 Å². The molecule has 0 saturated heterocycles. The van der Waals surface area contributed by atoms with Crippen molar-refractivity contribution in [2.24, 2.45) is 0 Å². The first-order valence-corrected chi connectivity index (χ1v) is 10.6. The van der Waals surface area contributed by atoms with E-state index in [1.165, 1.54) is 18.3 Å². The maximum atomic E-state index is 12.3. The van der Waals surface area contributed by atoms with Crippen LogP contribution >= 0.6 is 0 Å². The maximum Gasteiger partial charge on any atom is 0.412 e. The highest BCUT2D eigenvalue weighted by Gasteiger charge is 2.19. The second-order valence-electron chi connectivity index (χ2n) is 8.29. The first-order valence-electron chi connectivity index (χ1n) is 10.6. The average molecular weight is 467 g/mol. The van der Waals surface area contributed by atoms with Gasteiger partial charge in [0.1, 0.15) is 16.9 Å². The minimum atomic E-state index is -0.666. The molecule has 3 aromatic rings. The van der Waals surface area contributed by atoms with E-state index in [-0.39, 0.29) is 24.5 Å². The van der Waals surface area contributed by atoms with Gasteiger partial charge in [-0.2, -0.15) is 0 Å². The second-order valence-corrected chi connectivity index (χ2v) is 8.29. The van der Waals surface area contributed by atoms with Crippen LogP contribution < -0.4 is 14.8 Å². The number of para-hydroxylation sites is 2. The van der Waals surface area contributed by atoms with Gasteiger partial charge in [0.25, 0.3) is 5.69 Å². The van der Waals surface area contributed by atoms with Crippen molar-refractivity contribution in [2.75, 3.05) is 11.9 Å². The van der Waals surface area contributed by atoms with Gasteiger partial charge < -0.3 is 14.2 Å². The van der Waals surface area contributed by atoms with E-state index in [0.29, 0.717) is 28.8 Å². The molecule has 1 aromatic heterocycles. The van der Waals surface area contributed by atoms with Gasteiger partial charge in [-0.15, -0.1) is 0 Å². The highest BCUT2D eigenvalue weighted by atomic mass is 16.6. The third-order valence-electron chi connectivity index (χ3n) is 4.44. The fourth-order valence-corrected chi connectivity index (χ4v) is 3.05. The molecule has 1 N–H and O–H groups in total. The van der Waals surface area contributed by atoms with Crippen molar-refractivity contribution in [2.45, 2.75) is 39.2 Å². The highest BCUT2D eigenvalue weighted by molar-refractivity contribution is 5.92. The number of pyridine rings is 1. The number of hydrogen-bond donors (Lipinski definition) is 1. The normalized spacial score (nSPS) is 11.0. The van der Waals surface area contributed by atoms with E-state index in [2.05, 4.69) is 10.3 Å². The van der Waals surface area contributed by atoms with Gasteiger partial charge in [0.15, 0.2) is 5.75 Å². The van der Waals surface area contributed by atoms with E-state index in [9.17, 15) is 19.7 Å². The molecule has 0 fully saturated rings. The smallest absolute Gasteiger partial charge is 0.412 e. The van der Waals surface area contributed by atoms with Crippen molar-refractivity contribution < 1.29 is 28.7 Å². The van der Waals surface area contributed by atoms with Crippen molar-refractivity contribution in [3.8, 4) is 11.5 Å². The number of aromatic nitrogens is 1. The van der Waals surface area contributed by atoms with Crippen LogP contribution in [-0.2, 0) is 9.53 Å². The van der Waals surface area contributed by atoms with Crippen LogP contribution in [0.15, 0.2) is 54.7 Å². The summed E-state index contributed by atoms with van der Waals surface area (Å²) < 4.78 is 16.3. The molecule has 0 aliphatic carbocycles. The Hall–Kier alpha value is -4.21. The van der Waals surface area contributed by atoms with Crippen LogP contribution in [0.1, 0.15) is 33.6 Å². The minimum Gasteiger partial charge on any atom is -0.491 e. The van der Waals surface area contributed by atoms with Gasteiger partial charge in [-0.3, -0.25) is 25.2 Å². The molecule has 1 heterocycles. The topological polar surface area (TPSA) is 130 Å². The molecule has 1 amide bonds. The van der Waals surface area contributed by atoms with Crippen LogP contribution in [0.5, 0.6) is 11.5 Å². The fourth-order valence-electron chi connectivity index (χ4n) is 3.05. The molecule has 0 aliphatic rings. The van der Waals surface area contributed by atoms with Gasteiger partial charge in [0.05, 0.1) is 22.6 Å². The number of benzene rings is 2. The van der Waals surface area contributed by atoms with Crippen molar-refractivity contribution in [3.63, 3.8) is 0 Å². The first kappa shape index (κ1) is 24.4. The monoisotopic (exact) mass is 467 g/mol. The number of nitrogens with zero attached hydrogens (tertiary/aromatic N) is 2. The summed E-state index contributed by atoms with van der Waals surface area (Å²) in [6.07, 6.45) is 1.26. The zero-order valence-electron chi connectivity index (χ0n) is 19.1. The Morgan fingerprint density at radius 3 is 2.56 bits per heavy atom. The lowest BCUT2D eigenvalue weighted by atomic mass is 10.1. The van der Waals surface area contributed by atoms with Crippen LogP contribution in [0, 0.1) is 10.1 Å². The van der Waals surface area contributed by atoms with Gasteiger partial charge >= 0.3 is 12.1 Å². The molecule has 0 radical (unpaired) electrons. The van der Waals surface area contributed by atoms with Gasteiger partial charge in [-0.05, 0) is 57.5 Å². The molecule has 10 heteroatoms. The molecule has 2 aromatic carbocycles. The molecule has 0 spiro atoms. The third kappa shape index (κ3) is 6.64. The number of fused-ring (bicyclic) bond motifs is 1. The summed E-state index contributed by atoms with van der Waals surface area (Å²) in [6, 6.07) is 12.6. The van der Waals surface area contributed by atoms with Crippen LogP contribution in [0.25, 0.3) is 10.9 Å². The van der Waals surface area contributed by atoms with Crippen molar-refractivity contribution in [1.29, 1.82) is 0 Å². The Kier molecular flexibility index (Phi) is 7.62. The Morgan fingerprint density at radius 2 is 1.82 bits per heavy atom. The quantitative estimate of drug-likeness (QED) is 0.156. The summed E-state index contributed by atoms with van der Waals surface area (Å²) in [6.45, 7) is 5.42. The molecule has 10 nitrogen and oxygen atoms in total. The predicted molar refractivity (Wildman–Crippen MR) is 125 cm³/mol. The number of nitro benzene ring substituents is 1. The van der Waals surface area contributed by atoms with Crippen LogP contribution in [0.2, 0.25) is 0 Å². The van der Waals surface area contributed by atoms with Gasteiger partial charge in [0, 0.05) is 18.7 Å². The predicted octanol–water partition coefficient (Wildman–Crippen LogP) is 5.25. The van der Waals surface area contributed by atoms with E-state index in [1.54, 1.807) is 57.2 Å². The number of anilines is 1. The average Bonchev–Trinajstić information content (AvgIpc) is 2.76. The standard InChI is InChI=1S/C24H25N3O7/c1-24(2,3)34-23(29)26-17-9-4-5-10-19(17)33-21(28)11-7-15-32-20-13-12-18(27(30)31)16-8-6-14-25-22(16)20/h4-6,8-10,12-14H,7,11,15H2,1-3H3,(H,26,29). The van der Waals surface area contributed by atoms with Crippen molar-refractivity contribution in [3.05, 3.63) is 64.8 Å². The number of rotatable bonds is 8. The Balaban J connectivity index is 1.55. The number of non-ortho nitro benzene ring substituents is 1. The highest BCUT2D eigenvalue weighted by Crippen LogP contribution is 2.31. The van der Waals surface area contributed by atoms with E-state index < -0.39 is 22.6 Å². The molecular formula is C24H25N3O7. The van der Waals surface area contributed by atoms with Crippen molar-refractivity contribution >= 4 is 34.3 Å². The summed E-state index contributed by atoms with van der Waals surface area (Å²) in [4.78, 5) is 39.3. The molecule has 0 bridgehead atoms. The Bertz CT molecular complexity index is 1200. The summed E-state index contributed by atoms with van der Waals surface area (Å²) in [5.41, 5.74) is -0.0379. The summed E-state index contributed by atoms with van der Waals surface area (Å²) in [7, 11) is 0. The molecule has 0 atom stereocenters. The number of carbonyl (C=O) groups excluding carboxylic acids is 2. The molecule has 34 heavy (non-hydrogen) atoms. The van der Waals surface area contributed by atoms with Gasteiger partial charge in [-0.1, -0.05) is 12.1 Å². The summed E-state index contributed by atoms with van der Waals surface area (Å²) in [5, 5.41) is 14.2. The molecule has 0 unspecified atom stereocenters. The van der Waals surface area contributed by atoms with Crippen LogP contribution in [0.3, 0.4) is 0 Å².